The molecule has 0 aliphatic carbocycles. The molecule has 2 rings (SSSR count). The van der Waals surface area contributed by atoms with Crippen LogP contribution in [0.1, 0.15) is 6.42 Å². The van der Waals surface area contributed by atoms with Gasteiger partial charge in [-0.3, -0.25) is 9.69 Å². The average molecular weight is 213 g/mol. The highest BCUT2D eigenvalue weighted by atomic mass is 16.5. The minimum Gasteiger partial charge on any atom is -0.479 e. The molecule has 2 aliphatic heterocycles. The summed E-state index contributed by atoms with van der Waals surface area (Å²) in [6.45, 7) is 0. The van der Waals surface area contributed by atoms with Crippen LogP contribution in [0.3, 0.4) is 0 Å². The fourth-order valence-electron chi connectivity index (χ4n) is 1.64. The number of carbonyl (C=O) groups is 3. The first-order valence-electron chi connectivity index (χ1n) is 4.16. The largest absolute Gasteiger partial charge is 0.479 e. The first-order valence-corrected chi connectivity index (χ1v) is 4.16. The molecule has 0 unspecified atom stereocenters. The van der Waals surface area contributed by atoms with Gasteiger partial charge in [-0.05, 0) is 0 Å². The molecule has 7 nitrogen and oxygen atoms in total. The van der Waals surface area contributed by atoms with Crippen LogP contribution in [0.2, 0.25) is 0 Å². The first kappa shape index (κ1) is 9.50. The summed E-state index contributed by atoms with van der Waals surface area (Å²) >= 11 is 0. The Hall–Kier alpha value is -2.05. The minimum atomic E-state index is -1.30. The van der Waals surface area contributed by atoms with Gasteiger partial charge in [0.05, 0.1) is 12.5 Å². The van der Waals surface area contributed by atoms with E-state index < -0.39 is 24.2 Å². The number of carbonyl (C=O) groups excluding carboxylic acids is 1. The van der Waals surface area contributed by atoms with Crippen molar-refractivity contribution < 1.29 is 29.3 Å². The number of fused-ring (bicyclic) bond motifs is 1. The van der Waals surface area contributed by atoms with Crippen molar-refractivity contribution in [2.45, 2.75) is 18.7 Å². The molecule has 1 amide bonds. The van der Waals surface area contributed by atoms with Gasteiger partial charge in [-0.2, -0.15) is 0 Å². The fourth-order valence-corrected chi connectivity index (χ4v) is 1.64. The third-order valence-electron chi connectivity index (χ3n) is 2.27. The number of amides is 1. The summed E-state index contributed by atoms with van der Waals surface area (Å²) in [6, 6.07) is -1.30. The number of β-lactam (4-membered cyclic amide) rings is 1. The molecule has 15 heavy (non-hydrogen) atoms. The lowest BCUT2D eigenvalue weighted by Gasteiger charge is -2.33. The van der Waals surface area contributed by atoms with E-state index in [1.54, 1.807) is 0 Å². The molecular formula is C8H7NO6. The Labute approximate surface area is 83.5 Å². The summed E-state index contributed by atoms with van der Waals surface area (Å²) < 4.78 is 5.02. The zero-order valence-corrected chi connectivity index (χ0v) is 7.41. The summed E-state index contributed by atoms with van der Waals surface area (Å²) in [5.41, 5.74) is 0. The summed E-state index contributed by atoms with van der Waals surface area (Å²) in [6.07, 6.45) is 0.148. The van der Waals surface area contributed by atoms with E-state index in [2.05, 4.69) is 0 Å². The van der Waals surface area contributed by atoms with E-state index in [0.29, 0.717) is 6.08 Å². The normalized spacial score (nSPS) is 30.8. The van der Waals surface area contributed by atoms with Crippen molar-refractivity contribution in [3.8, 4) is 0 Å². The van der Waals surface area contributed by atoms with Crippen LogP contribution in [0.15, 0.2) is 11.8 Å². The van der Waals surface area contributed by atoms with E-state index in [1.165, 1.54) is 0 Å². The smallest absolute Gasteiger partial charge is 0.334 e. The molecule has 2 aliphatic rings. The molecule has 2 N–H and O–H groups in total. The number of carboxylic acids is 2. The number of hydrogen-bond donors (Lipinski definition) is 2. The molecule has 2 atom stereocenters. The van der Waals surface area contributed by atoms with Crippen LogP contribution in [-0.2, 0) is 19.1 Å². The van der Waals surface area contributed by atoms with Crippen molar-refractivity contribution in [3.63, 3.8) is 0 Å². The Morgan fingerprint density at radius 3 is 2.60 bits per heavy atom. The maximum Gasteiger partial charge on any atom is 0.334 e. The zero-order chi connectivity index (χ0) is 11.2. The Morgan fingerprint density at radius 2 is 2.13 bits per heavy atom. The summed E-state index contributed by atoms with van der Waals surface area (Å²) in [5, 5.41) is 17.3. The topological polar surface area (TPSA) is 104 Å². The van der Waals surface area contributed by atoms with Gasteiger partial charge in [0.25, 0.3) is 0 Å². The summed E-state index contributed by atoms with van der Waals surface area (Å²) in [7, 11) is 0. The van der Waals surface area contributed by atoms with E-state index in [0.717, 1.165) is 4.90 Å². The molecule has 2 fully saturated rings. The van der Waals surface area contributed by atoms with Gasteiger partial charge in [0.1, 0.15) is 5.76 Å². The van der Waals surface area contributed by atoms with Crippen molar-refractivity contribution in [1.82, 2.24) is 4.90 Å². The Kier molecular flexibility index (Phi) is 1.88. The van der Waals surface area contributed by atoms with Crippen molar-refractivity contribution in [2.75, 3.05) is 0 Å². The van der Waals surface area contributed by atoms with Crippen LogP contribution < -0.4 is 0 Å². The minimum absolute atomic E-state index is 0.0980. The highest BCUT2D eigenvalue weighted by Crippen LogP contribution is 2.36. The second kappa shape index (κ2) is 2.97. The first-order chi connectivity index (χ1) is 7.00. The van der Waals surface area contributed by atoms with Crippen molar-refractivity contribution in [1.29, 1.82) is 0 Å². The average Bonchev–Trinajstić information content (AvgIpc) is 2.37. The molecule has 0 radical (unpaired) electrons. The van der Waals surface area contributed by atoms with Crippen molar-refractivity contribution in [3.05, 3.63) is 11.8 Å². The van der Waals surface area contributed by atoms with Crippen molar-refractivity contribution in [2.24, 2.45) is 0 Å². The van der Waals surface area contributed by atoms with Gasteiger partial charge in [-0.25, -0.2) is 9.59 Å². The standard InChI is InChI=1S/C8H7NO6/c10-4-2-5-9(4)7(8(13)14)3(15-5)1-6(11)12/h1,5,7H,2H2,(H,11,12)(H,13,14)/b3-1-/t5-,7-/m1/s1. The van der Waals surface area contributed by atoms with Gasteiger partial charge in [-0.15, -0.1) is 0 Å². The number of rotatable bonds is 2. The SMILES string of the molecule is O=C(O)/C=C1\O[C@@H]2CC(=O)N2[C@H]1C(=O)O. The maximum absolute atomic E-state index is 11.1. The number of ether oxygens (including phenoxy) is 1. The maximum atomic E-state index is 11.1. The zero-order valence-electron chi connectivity index (χ0n) is 7.41. The van der Waals surface area contributed by atoms with Crippen molar-refractivity contribution >= 4 is 17.8 Å². The monoisotopic (exact) mass is 213 g/mol. The summed E-state index contributed by atoms with van der Waals surface area (Å²) in [4.78, 5) is 33.3. The van der Waals surface area contributed by atoms with E-state index in [9.17, 15) is 14.4 Å². The lowest BCUT2D eigenvalue weighted by molar-refractivity contribution is -0.163. The fraction of sp³-hybridized carbons (Fsp3) is 0.375. The molecule has 7 heteroatoms. The van der Waals surface area contributed by atoms with Crippen LogP contribution in [0, 0.1) is 0 Å². The molecule has 0 bridgehead atoms. The van der Waals surface area contributed by atoms with E-state index in [-0.39, 0.29) is 18.1 Å². The Morgan fingerprint density at radius 1 is 1.47 bits per heavy atom. The number of aliphatic carboxylic acids is 2. The van der Waals surface area contributed by atoms with Gasteiger partial charge in [0.2, 0.25) is 5.91 Å². The highest BCUT2D eigenvalue weighted by Gasteiger charge is 2.53. The summed E-state index contributed by atoms with van der Waals surface area (Å²) in [5.74, 6) is -3.14. The molecule has 0 aromatic carbocycles. The molecular weight excluding hydrogens is 206 g/mol. The van der Waals surface area contributed by atoms with E-state index in [1.807, 2.05) is 0 Å². The van der Waals surface area contributed by atoms with Gasteiger partial charge < -0.3 is 14.9 Å². The number of carboxylic acid groups (broad SMARTS) is 2. The van der Waals surface area contributed by atoms with Crippen LogP contribution in [0.5, 0.6) is 0 Å². The molecule has 2 heterocycles. The van der Waals surface area contributed by atoms with Gasteiger partial charge in [0.15, 0.2) is 12.3 Å². The lowest BCUT2D eigenvalue weighted by atomic mass is 10.1. The van der Waals surface area contributed by atoms with E-state index >= 15 is 0 Å². The van der Waals surface area contributed by atoms with Gasteiger partial charge in [0, 0.05) is 0 Å². The third kappa shape index (κ3) is 1.32. The van der Waals surface area contributed by atoms with Crippen LogP contribution >= 0.6 is 0 Å². The molecule has 0 spiro atoms. The molecule has 0 aromatic heterocycles. The Balaban J connectivity index is 2.31. The molecule has 80 valence electrons. The number of nitrogens with zero attached hydrogens (tertiary/aromatic N) is 1. The molecule has 2 saturated heterocycles. The third-order valence-corrected chi connectivity index (χ3v) is 2.27. The van der Waals surface area contributed by atoms with Gasteiger partial charge >= 0.3 is 11.9 Å². The molecule has 0 aromatic rings. The van der Waals surface area contributed by atoms with E-state index in [4.69, 9.17) is 14.9 Å². The van der Waals surface area contributed by atoms with Crippen LogP contribution in [0.25, 0.3) is 0 Å². The predicted molar refractivity (Wildman–Crippen MR) is 43.5 cm³/mol. The number of hydrogen-bond acceptors (Lipinski definition) is 4. The Bertz CT molecular complexity index is 387. The lowest BCUT2D eigenvalue weighted by Crippen LogP contribution is -2.54. The van der Waals surface area contributed by atoms with Crippen LogP contribution in [-0.4, -0.2) is 45.2 Å². The second-order valence-corrected chi connectivity index (χ2v) is 3.20. The highest BCUT2D eigenvalue weighted by molar-refractivity contribution is 5.92. The predicted octanol–water partition coefficient (Wildman–Crippen LogP) is -1.00. The van der Waals surface area contributed by atoms with Gasteiger partial charge in [-0.1, -0.05) is 0 Å². The quantitative estimate of drug-likeness (QED) is 0.450. The molecule has 0 saturated carbocycles. The second-order valence-electron chi connectivity index (χ2n) is 3.20. The van der Waals surface area contributed by atoms with Crippen LogP contribution in [0.4, 0.5) is 0 Å².